The Morgan fingerprint density at radius 1 is 1.53 bits per heavy atom. The summed E-state index contributed by atoms with van der Waals surface area (Å²) in [6, 6.07) is 3.33. The molecule has 0 spiro atoms. The Bertz CT molecular complexity index is 588. The summed E-state index contributed by atoms with van der Waals surface area (Å²) in [6.07, 6.45) is 2.73. The molecule has 0 N–H and O–H groups in total. The van der Waals surface area contributed by atoms with E-state index in [0.717, 1.165) is 0 Å². The van der Waals surface area contributed by atoms with Crippen LogP contribution in [0.2, 0.25) is 0 Å². The van der Waals surface area contributed by atoms with Gasteiger partial charge in [0.25, 0.3) is 0 Å². The van der Waals surface area contributed by atoms with Crippen molar-refractivity contribution in [2.75, 3.05) is 13.1 Å². The molecule has 1 aromatic heterocycles. The van der Waals surface area contributed by atoms with Gasteiger partial charge in [0, 0.05) is 26.2 Å². The van der Waals surface area contributed by atoms with Gasteiger partial charge in [0.15, 0.2) is 5.03 Å². The van der Waals surface area contributed by atoms with Crippen LogP contribution in [-0.2, 0) is 14.6 Å². The van der Waals surface area contributed by atoms with Crippen molar-refractivity contribution in [2.24, 2.45) is 0 Å². The number of aromatic nitrogens is 1. The molecule has 1 aromatic rings. The van der Waals surface area contributed by atoms with Gasteiger partial charge in [-0.05, 0) is 40.9 Å². The van der Waals surface area contributed by atoms with Crippen molar-refractivity contribution in [3.63, 3.8) is 0 Å². The molecule has 0 radical (unpaired) electrons. The Morgan fingerprint density at radius 2 is 2.26 bits per heavy atom. The second-order valence-electron chi connectivity index (χ2n) is 4.56. The number of amides is 1. The molecule has 104 valence electrons. The van der Waals surface area contributed by atoms with Crippen molar-refractivity contribution in [3.05, 3.63) is 22.8 Å². The second-order valence-corrected chi connectivity index (χ2v) is 7.56. The van der Waals surface area contributed by atoms with Crippen LogP contribution in [0.15, 0.2) is 27.8 Å². The van der Waals surface area contributed by atoms with Crippen LogP contribution in [0.1, 0.15) is 19.8 Å². The zero-order chi connectivity index (χ0) is 14.0. The first-order valence-electron chi connectivity index (χ1n) is 6.03. The highest BCUT2D eigenvalue weighted by Crippen LogP contribution is 2.27. The summed E-state index contributed by atoms with van der Waals surface area (Å²) in [5.74, 6) is -0.0833. The van der Waals surface area contributed by atoms with Crippen molar-refractivity contribution >= 4 is 31.7 Å². The van der Waals surface area contributed by atoms with Crippen molar-refractivity contribution in [3.8, 4) is 0 Å². The molecule has 1 aliphatic rings. The average Bonchev–Trinajstić information content (AvgIpc) is 2.39. The lowest BCUT2D eigenvalue weighted by Crippen LogP contribution is -2.44. The lowest BCUT2D eigenvalue weighted by molar-refractivity contribution is -0.129. The lowest BCUT2D eigenvalue weighted by Gasteiger charge is -2.31. The number of sulfone groups is 1. The number of pyridine rings is 1. The largest absolute Gasteiger partial charge is 0.342 e. The number of likely N-dealkylation sites (tertiary alicyclic amines) is 1. The molecule has 1 unspecified atom stereocenters. The molecule has 0 saturated carbocycles. The van der Waals surface area contributed by atoms with Gasteiger partial charge in [-0.3, -0.25) is 4.79 Å². The predicted octanol–water partition coefficient (Wildman–Crippen LogP) is 1.63. The summed E-state index contributed by atoms with van der Waals surface area (Å²) in [6.45, 7) is 2.34. The van der Waals surface area contributed by atoms with Crippen LogP contribution in [0, 0.1) is 0 Å². The van der Waals surface area contributed by atoms with Gasteiger partial charge >= 0.3 is 0 Å². The number of hydrogen-bond acceptors (Lipinski definition) is 4. The van der Waals surface area contributed by atoms with Gasteiger partial charge in [-0.1, -0.05) is 0 Å². The number of hydrogen-bond donors (Lipinski definition) is 0. The van der Waals surface area contributed by atoms with E-state index in [0.29, 0.717) is 23.9 Å². The maximum absolute atomic E-state index is 12.5. The van der Waals surface area contributed by atoms with E-state index >= 15 is 0 Å². The number of rotatable bonds is 2. The summed E-state index contributed by atoms with van der Waals surface area (Å²) in [7, 11) is -3.51. The Morgan fingerprint density at radius 3 is 2.89 bits per heavy atom. The maximum Gasteiger partial charge on any atom is 0.219 e. The van der Waals surface area contributed by atoms with Crippen LogP contribution in [-0.4, -0.2) is 42.5 Å². The Hall–Kier alpha value is -0.950. The van der Waals surface area contributed by atoms with E-state index in [1.54, 1.807) is 17.0 Å². The summed E-state index contributed by atoms with van der Waals surface area (Å²) in [5, 5.41) is -0.512. The monoisotopic (exact) mass is 346 g/mol. The predicted molar refractivity (Wildman–Crippen MR) is 74.4 cm³/mol. The molecule has 1 aliphatic heterocycles. The number of halogens is 1. The van der Waals surface area contributed by atoms with Gasteiger partial charge in [0.2, 0.25) is 15.7 Å². The molecular formula is C12H15BrN2O3S. The first kappa shape index (κ1) is 14.5. The van der Waals surface area contributed by atoms with E-state index in [4.69, 9.17) is 0 Å². The van der Waals surface area contributed by atoms with Gasteiger partial charge in [-0.25, -0.2) is 13.4 Å². The van der Waals surface area contributed by atoms with Gasteiger partial charge in [0.1, 0.15) is 0 Å². The topological polar surface area (TPSA) is 67.3 Å². The van der Waals surface area contributed by atoms with E-state index in [-0.39, 0.29) is 17.5 Å². The van der Waals surface area contributed by atoms with Gasteiger partial charge in [-0.2, -0.15) is 0 Å². The molecule has 0 bridgehead atoms. The molecule has 0 aliphatic carbocycles. The molecule has 1 saturated heterocycles. The fourth-order valence-electron chi connectivity index (χ4n) is 2.22. The molecule has 1 amide bonds. The zero-order valence-corrected chi connectivity index (χ0v) is 12.9. The maximum atomic E-state index is 12.5. The zero-order valence-electron chi connectivity index (χ0n) is 10.5. The summed E-state index contributed by atoms with van der Waals surface area (Å²) >= 11 is 3.22. The minimum absolute atomic E-state index is 0.0606. The minimum Gasteiger partial charge on any atom is -0.342 e. The highest BCUT2D eigenvalue weighted by atomic mass is 79.9. The van der Waals surface area contributed by atoms with E-state index in [1.165, 1.54) is 13.1 Å². The first-order valence-corrected chi connectivity index (χ1v) is 8.37. The highest BCUT2D eigenvalue weighted by molar-refractivity contribution is 9.10. The normalized spacial score (nSPS) is 20.3. The molecule has 7 heteroatoms. The summed E-state index contributed by atoms with van der Waals surface area (Å²) in [4.78, 5) is 16.9. The number of nitrogens with zero attached hydrogens (tertiary/aromatic N) is 2. The molecule has 1 atom stereocenters. The van der Waals surface area contributed by atoms with Crippen LogP contribution >= 0.6 is 15.9 Å². The second kappa shape index (κ2) is 5.58. The molecule has 2 rings (SSSR count). The first-order chi connectivity index (χ1) is 8.93. The molecule has 5 nitrogen and oxygen atoms in total. The number of carbonyl (C=O) groups is 1. The third kappa shape index (κ3) is 2.97. The number of piperidine rings is 1. The van der Waals surface area contributed by atoms with E-state index in [9.17, 15) is 13.2 Å². The molecular weight excluding hydrogens is 332 g/mol. The van der Waals surface area contributed by atoms with E-state index in [2.05, 4.69) is 20.9 Å². The van der Waals surface area contributed by atoms with Crippen LogP contribution < -0.4 is 0 Å². The minimum atomic E-state index is -3.51. The Labute approximate surface area is 121 Å². The fraction of sp³-hybridized carbons (Fsp3) is 0.500. The highest BCUT2D eigenvalue weighted by Gasteiger charge is 2.34. The number of carbonyl (C=O) groups excluding carboxylic acids is 1. The van der Waals surface area contributed by atoms with Crippen molar-refractivity contribution < 1.29 is 13.2 Å². The van der Waals surface area contributed by atoms with Crippen molar-refractivity contribution in [2.45, 2.75) is 30.0 Å². The molecule has 0 aromatic carbocycles. The van der Waals surface area contributed by atoms with Gasteiger partial charge in [0.05, 0.1) is 9.72 Å². The molecule has 19 heavy (non-hydrogen) atoms. The molecule has 1 fully saturated rings. The third-order valence-electron chi connectivity index (χ3n) is 3.26. The van der Waals surface area contributed by atoms with Gasteiger partial charge in [-0.15, -0.1) is 0 Å². The molecule has 2 heterocycles. The van der Waals surface area contributed by atoms with Crippen LogP contribution in [0.4, 0.5) is 0 Å². The summed E-state index contributed by atoms with van der Waals surface area (Å²) in [5.41, 5.74) is 0. The van der Waals surface area contributed by atoms with E-state index in [1.807, 2.05) is 0 Å². The lowest BCUT2D eigenvalue weighted by atomic mass is 10.1. The quantitative estimate of drug-likeness (QED) is 0.816. The van der Waals surface area contributed by atoms with Crippen molar-refractivity contribution in [1.29, 1.82) is 0 Å². The summed E-state index contributed by atoms with van der Waals surface area (Å²) < 4.78 is 25.6. The smallest absolute Gasteiger partial charge is 0.219 e. The van der Waals surface area contributed by atoms with Crippen molar-refractivity contribution in [1.82, 2.24) is 9.88 Å². The Balaban J connectivity index is 2.30. The average molecular weight is 347 g/mol. The standard InChI is InChI=1S/C12H15BrN2O3S/c1-9(16)15-7-3-4-10(8-15)19(17,18)12-11(13)5-2-6-14-12/h2,5-6,10H,3-4,7-8H2,1H3. The fourth-order valence-corrected chi connectivity index (χ4v) is 4.86. The van der Waals surface area contributed by atoms with Crippen LogP contribution in [0.5, 0.6) is 0 Å². The SMILES string of the molecule is CC(=O)N1CCCC(S(=O)(=O)c2ncccc2Br)C1. The Kier molecular flexibility index (Phi) is 4.25. The van der Waals surface area contributed by atoms with Crippen LogP contribution in [0.3, 0.4) is 0 Å². The van der Waals surface area contributed by atoms with Crippen LogP contribution in [0.25, 0.3) is 0 Å². The van der Waals surface area contributed by atoms with Gasteiger partial charge < -0.3 is 4.90 Å². The van der Waals surface area contributed by atoms with E-state index < -0.39 is 15.1 Å². The third-order valence-corrected chi connectivity index (χ3v) is 6.29.